The van der Waals surface area contributed by atoms with E-state index in [9.17, 15) is 33.0 Å². The van der Waals surface area contributed by atoms with Gasteiger partial charge in [0, 0.05) is 24.8 Å². The second-order valence-electron chi connectivity index (χ2n) is 6.67. The van der Waals surface area contributed by atoms with E-state index in [-0.39, 0.29) is 18.7 Å². The van der Waals surface area contributed by atoms with E-state index in [4.69, 9.17) is 24.5 Å². The third-order valence-corrected chi connectivity index (χ3v) is 7.68. The minimum atomic E-state index is -5.72. The molecule has 0 amide bonds. The molecule has 2 heterocycles. The Balaban J connectivity index is 2.17. The van der Waals surface area contributed by atoms with E-state index in [0.717, 1.165) is 10.8 Å². The number of carboxylic acids is 1. The van der Waals surface area contributed by atoms with Gasteiger partial charge in [-0.15, -0.1) is 0 Å². The number of aromatic nitrogens is 2. The number of morpholine rings is 1. The van der Waals surface area contributed by atoms with Crippen molar-refractivity contribution in [2.24, 2.45) is 0 Å². The van der Waals surface area contributed by atoms with E-state index in [1.165, 1.54) is 11.8 Å². The van der Waals surface area contributed by atoms with Gasteiger partial charge in [-0.2, -0.15) is 8.62 Å². The zero-order chi connectivity index (χ0) is 25.2. The summed E-state index contributed by atoms with van der Waals surface area (Å²) >= 11 is 0. The van der Waals surface area contributed by atoms with Crippen molar-refractivity contribution < 1.29 is 61.1 Å². The average molecular weight is 539 g/mol. The molecule has 0 saturated carbocycles. The molecular weight excluding hydrogens is 519 g/mol. The lowest BCUT2D eigenvalue weighted by molar-refractivity contribution is -0.152. The monoisotopic (exact) mass is 539 g/mol. The number of carboxylic acid groups (broad SMARTS) is 1. The van der Waals surface area contributed by atoms with Crippen molar-refractivity contribution in [3.8, 4) is 0 Å². The Morgan fingerprint density at radius 1 is 1.15 bits per heavy atom. The lowest BCUT2D eigenvalue weighted by Gasteiger charge is -2.37. The van der Waals surface area contributed by atoms with Crippen LogP contribution in [0.3, 0.4) is 0 Å². The molecule has 0 bridgehead atoms. The third-order valence-electron chi connectivity index (χ3n) is 3.88. The molecule has 0 aliphatic carbocycles. The van der Waals surface area contributed by atoms with Gasteiger partial charge in [0.05, 0.1) is 19.3 Å². The van der Waals surface area contributed by atoms with Crippen LogP contribution in [-0.2, 0) is 36.4 Å². The summed E-state index contributed by atoms with van der Waals surface area (Å²) in [6.07, 6.45) is -1.21. The molecule has 0 aromatic carbocycles. The first-order chi connectivity index (χ1) is 15.0. The fourth-order valence-electron chi connectivity index (χ4n) is 2.74. The second-order valence-corrected chi connectivity index (χ2v) is 11.1. The van der Waals surface area contributed by atoms with E-state index < -0.39 is 66.2 Å². The van der Waals surface area contributed by atoms with Gasteiger partial charge in [-0.3, -0.25) is 28.6 Å². The zero-order valence-corrected chi connectivity index (χ0v) is 19.3. The number of phosphoric acid groups is 3. The molecule has 1 saturated heterocycles. The highest BCUT2D eigenvalue weighted by Crippen LogP contribution is 2.66. The SMILES string of the molecule is Cc1cn([C@H]2CN(CC(=O)O)C[C@@H](COP(=O)(O)OP(=O)(O)OP(=O)(O)O)O2)c(=O)[nH]c1=O. The molecule has 1 aromatic rings. The van der Waals surface area contributed by atoms with E-state index >= 15 is 0 Å². The van der Waals surface area contributed by atoms with Gasteiger partial charge in [-0.25, -0.2) is 18.5 Å². The van der Waals surface area contributed by atoms with E-state index in [2.05, 4.69) is 13.1 Å². The van der Waals surface area contributed by atoms with Crippen molar-refractivity contribution in [1.29, 1.82) is 0 Å². The fraction of sp³-hybridized carbons (Fsp3) is 0.583. The predicted molar refractivity (Wildman–Crippen MR) is 104 cm³/mol. The molecule has 4 atom stereocenters. The minimum absolute atomic E-state index is 0.135. The number of aliphatic carboxylic acids is 1. The van der Waals surface area contributed by atoms with Crippen molar-refractivity contribution >= 4 is 29.4 Å². The summed E-state index contributed by atoms with van der Waals surface area (Å²) in [5.41, 5.74) is -1.39. The summed E-state index contributed by atoms with van der Waals surface area (Å²) in [6.45, 7) is -0.311. The highest BCUT2D eigenvalue weighted by Gasteiger charge is 2.41. The number of nitrogens with zero attached hydrogens (tertiary/aromatic N) is 2. The number of ether oxygens (including phenoxy) is 1. The molecule has 6 N–H and O–H groups in total. The Morgan fingerprint density at radius 2 is 1.79 bits per heavy atom. The van der Waals surface area contributed by atoms with Crippen molar-refractivity contribution in [3.63, 3.8) is 0 Å². The van der Waals surface area contributed by atoms with Crippen molar-refractivity contribution in [1.82, 2.24) is 14.5 Å². The number of carbonyl (C=O) groups is 1. The number of hydrogen-bond acceptors (Lipinski definition) is 11. The summed E-state index contributed by atoms with van der Waals surface area (Å²) in [6, 6.07) is 0. The van der Waals surface area contributed by atoms with Crippen LogP contribution in [0.2, 0.25) is 0 Å². The largest absolute Gasteiger partial charge is 0.490 e. The number of rotatable bonds is 10. The molecule has 0 spiro atoms. The van der Waals surface area contributed by atoms with Crippen LogP contribution in [0.1, 0.15) is 11.8 Å². The Hall–Kier alpha value is -1.52. The highest BCUT2D eigenvalue weighted by atomic mass is 31.3. The normalized spacial score (nSPS) is 23.5. The van der Waals surface area contributed by atoms with Crippen molar-refractivity contribution in [3.05, 3.63) is 32.6 Å². The van der Waals surface area contributed by atoms with Crippen LogP contribution >= 0.6 is 23.5 Å². The number of phosphoric ester groups is 1. The maximum absolute atomic E-state index is 12.1. The molecule has 21 heteroatoms. The molecule has 1 fully saturated rings. The van der Waals surface area contributed by atoms with Crippen molar-refractivity contribution in [2.75, 3.05) is 26.2 Å². The maximum Gasteiger partial charge on any atom is 0.490 e. The predicted octanol–water partition coefficient (Wildman–Crippen LogP) is -1.53. The molecule has 1 aliphatic rings. The van der Waals surface area contributed by atoms with Gasteiger partial charge in [0.2, 0.25) is 0 Å². The molecule has 1 aliphatic heterocycles. The first-order valence-electron chi connectivity index (χ1n) is 8.66. The number of H-pyrrole nitrogens is 1. The van der Waals surface area contributed by atoms with Gasteiger partial charge < -0.3 is 29.4 Å². The summed E-state index contributed by atoms with van der Waals surface area (Å²) < 4.78 is 52.2. The number of nitrogens with one attached hydrogen (secondary N) is 1. The third kappa shape index (κ3) is 8.98. The second kappa shape index (κ2) is 10.4. The highest BCUT2D eigenvalue weighted by molar-refractivity contribution is 7.66. The zero-order valence-electron chi connectivity index (χ0n) is 16.6. The van der Waals surface area contributed by atoms with Crippen LogP contribution in [0.15, 0.2) is 15.8 Å². The maximum atomic E-state index is 12.1. The number of aromatic amines is 1. The van der Waals surface area contributed by atoms with Crippen LogP contribution in [0.5, 0.6) is 0 Å². The first kappa shape index (κ1) is 27.7. The molecule has 18 nitrogen and oxygen atoms in total. The van der Waals surface area contributed by atoms with Gasteiger partial charge in [0.15, 0.2) is 6.23 Å². The quantitative estimate of drug-likeness (QED) is 0.184. The lowest BCUT2D eigenvalue weighted by atomic mass is 10.2. The number of aryl methyl sites for hydroxylation is 1. The average Bonchev–Trinajstić information content (AvgIpc) is 2.59. The van der Waals surface area contributed by atoms with Crippen LogP contribution in [-0.4, -0.2) is 77.4 Å². The Bertz CT molecular complexity index is 1140. The first-order valence-corrected chi connectivity index (χ1v) is 13.2. The molecule has 2 rings (SSSR count). The molecule has 1 aromatic heterocycles. The van der Waals surface area contributed by atoms with Gasteiger partial charge in [0.1, 0.15) is 0 Å². The van der Waals surface area contributed by atoms with Gasteiger partial charge in [-0.05, 0) is 6.92 Å². The molecule has 33 heavy (non-hydrogen) atoms. The summed E-state index contributed by atoms with van der Waals surface area (Å²) in [7, 11) is -16.7. The van der Waals surface area contributed by atoms with Crippen LogP contribution in [0, 0.1) is 6.92 Å². The summed E-state index contributed by atoms with van der Waals surface area (Å²) in [4.78, 5) is 73.9. The van der Waals surface area contributed by atoms with Gasteiger partial charge in [0.25, 0.3) is 5.56 Å². The molecular formula is C12H20N3O15P3. The molecule has 188 valence electrons. The molecule has 2 unspecified atom stereocenters. The number of hydrogen-bond donors (Lipinski definition) is 6. The van der Waals surface area contributed by atoms with E-state index in [1.807, 2.05) is 4.98 Å². The standard InChI is InChI=1S/C12H20N3O15P3/c1-7-2-15(12(19)13-11(7)18)9-4-14(5-10(16)17)3-8(28-9)6-27-32(23,24)30-33(25,26)29-31(20,21)22/h2,8-9H,3-6H2,1H3,(H,16,17)(H,23,24)(H,25,26)(H,13,18,19)(H2,20,21,22)/t8-,9+/m0/s1. The Morgan fingerprint density at radius 3 is 2.36 bits per heavy atom. The Labute approximate surface area is 183 Å². The van der Waals surface area contributed by atoms with Gasteiger partial charge in [-0.1, -0.05) is 0 Å². The van der Waals surface area contributed by atoms with E-state index in [1.54, 1.807) is 0 Å². The smallest absolute Gasteiger partial charge is 0.480 e. The summed E-state index contributed by atoms with van der Waals surface area (Å²) in [5.74, 6) is -1.24. The van der Waals surface area contributed by atoms with Crippen LogP contribution in [0.25, 0.3) is 0 Å². The fourth-order valence-corrected chi connectivity index (χ4v) is 5.79. The summed E-state index contributed by atoms with van der Waals surface area (Å²) in [5, 5.41) is 9.05. The van der Waals surface area contributed by atoms with Gasteiger partial charge >= 0.3 is 35.1 Å². The van der Waals surface area contributed by atoms with Crippen molar-refractivity contribution in [2.45, 2.75) is 19.3 Å². The van der Waals surface area contributed by atoms with E-state index in [0.29, 0.717) is 0 Å². The van der Waals surface area contributed by atoms with Crippen LogP contribution in [0.4, 0.5) is 0 Å². The topological polar surface area (TPSA) is 264 Å². The lowest BCUT2D eigenvalue weighted by Crippen LogP contribution is -2.51. The Kier molecular flexibility index (Phi) is 8.73. The minimum Gasteiger partial charge on any atom is -0.480 e. The molecule has 0 radical (unpaired) electrons. The van der Waals surface area contributed by atoms with Crippen LogP contribution < -0.4 is 11.2 Å².